The monoisotopic (exact) mass is 337 g/mol. The number of anilines is 1. The van der Waals surface area contributed by atoms with Crippen molar-refractivity contribution in [2.75, 3.05) is 5.32 Å². The Morgan fingerprint density at radius 1 is 0.960 bits per heavy atom. The zero-order valence-corrected chi connectivity index (χ0v) is 13.8. The van der Waals surface area contributed by atoms with E-state index in [1.54, 1.807) is 26.2 Å². The van der Waals surface area contributed by atoms with Crippen molar-refractivity contribution >= 4 is 11.6 Å². The van der Waals surface area contributed by atoms with Crippen LogP contribution in [-0.2, 0) is 18.9 Å². The first-order valence-corrected chi connectivity index (χ1v) is 7.90. The molecule has 0 saturated carbocycles. The average molecular weight is 337 g/mol. The largest absolute Gasteiger partial charge is 0.328 e. The van der Waals surface area contributed by atoms with Crippen molar-refractivity contribution in [1.82, 2.24) is 9.13 Å². The molecule has 1 aliphatic heterocycles. The first-order valence-electron chi connectivity index (χ1n) is 7.90. The van der Waals surface area contributed by atoms with Crippen LogP contribution in [0.2, 0.25) is 0 Å². The lowest BCUT2D eigenvalue weighted by Gasteiger charge is -2.13. The fraction of sp³-hybridized carbons (Fsp3) is 0.158. The highest BCUT2D eigenvalue weighted by molar-refractivity contribution is 6.05. The van der Waals surface area contributed by atoms with E-state index in [4.69, 9.17) is 0 Å². The summed E-state index contributed by atoms with van der Waals surface area (Å²) in [6, 6.07) is 13.4. The van der Waals surface area contributed by atoms with Gasteiger partial charge in [-0.3, -0.25) is 13.9 Å². The number of hydrogen-bond donors (Lipinski definition) is 1. The number of aromatic nitrogens is 2. The predicted molar refractivity (Wildman–Crippen MR) is 93.0 cm³/mol. The zero-order chi connectivity index (χ0) is 17.7. The fourth-order valence-electron chi connectivity index (χ4n) is 3.51. The number of carbonyl (C=O) groups is 1. The molecule has 0 radical (unpaired) electrons. The van der Waals surface area contributed by atoms with Crippen LogP contribution in [0.5, 0.6) is 0 Å². The van der Waals surface area contributed by atoms with Crippen LogP contribution in [0.15, 0.2) is 53.3 Å². The molecule has 0 bridgehead atoms. The smallest absolute Gasteiger partial charge is 0.325 e. The van der Waals surface area contributed by atoms with Crippen molar-refractivity contribution in [3.63, 3.8) is 0 Å². The van der Waals surface area contributed by atoms with E-state index in [0.717, 1.165) is 11.3 Å². The Kier molecular flexibility index (Phi) is 3.35. The van der Waals surface area contributed by atoms with Crippen LogP contribution in [-0.4, -0.2) is 15.0 Å². The number of fused-ring (bicyclic) bond motifs is 1. The van der Waals surface area contributed by atoms with Crippen molar-refractivity contribution in [1.29, 1.82) is 0 Å². The van der Waals surface area contributed by atoms with Gasteiger partial charge in [0, 0.05) is 25.3 Å². The molecule has 1 atom stereocenters. The van der Waals surface area contributed by atoms with E-state index in [2.05, 4.69) is 5.32 Å². The topological polar surface area (TPSA) is 56.0 Å². The van der Waals surface area contributed by atoms with E-state index in [1.807, 2.05) is 24.3 Å². The predicted octanol–water partition coefficient (Wildman–Crippen LogP) is 2.61. The minimum absolute atomic E-state index is 0.175. The van der Waals surface area contributed by atoms with Crippen molar-refractivity contribution in [2.45, 2.75) is 5.92 Å². The zero-order valence-electron chi connectivity index (χ0n) is 13.8. The summed E-state index contributed by atoms with van der Waals surface area (Å²) in [6.07, 6.45) is 0. The molecule has 4 rings (SSSR count). The second-order valence-electron chi connectivity index (χ2n) is 6.15. The summed E-state index contributed by atoms with van der Waals surface area (Å²) < 4.78 is 16.3. The van der Waals surface area contributed by atoms with Gasteiger partial charge in [-0.05, 0) is 35.9 Å². The fourth-order valence-corrected chi connectivity index (χ4v) is 3.51. The van der Waals surface area contributed by atoms with E-state index >= 15 is 0 Å². The maximum Gasteiger partial charge on any atom is 0.328 e. The number of rotatable bonds is 2. The lowest BCUT2D eigenvalue weighted by molar-refractivity contribution is -0.116. The van der Waals surface area contributed by atoms with Crippen LogP contribution >= 0.6 is 0 Å². The number of nitrogens with one attached hydrogen (secondary N) is 1. The number of halogens is 1. The molecule has 1 aromatic heterocycles. The number of nitrogens with zero attached hydrogens (tertiary/aromatic N) is 2. The Hall–Kier alpha value is -3.15. The summed E-state index contributed by atoms with van der Waals surface area (Å²) in [5.41, 5.74) is 3.25. The van der Waals surface area contributed by atoms with Crippen LogP contribution in [0.4, 0.5) is 10.1 Å². The number of hydrogen-bond acceptors (Lipinski definition) is 2. The Morgan fingerprint density at radius 2 is 1.64 bits per heavy atom. The number of amides is 1. The SMILES string of the molecule is Cn1c(-c2ccc(F)cc2)c(C2C(=O)Nc3ccccc32)n(C)c1=O. The molecule has 2 aromatic carbocycles. The van der Waals surface area contributed by atoms with Gasteiger partial charge in [0.05, 0.1) is 11.4 Å². The molecule has 25 heavy (non-hydrogen) atoms. The molecule has 3 aromatic rings. The molecule has 1 amide bonds. The number of para-hydroxylation sites is 1. The minimum Gasteiger partial charge on any atom is -0.325 e. The van der Waals surface area contributed by atoms with Gasteiger partial charge in [-0.2, -0.15) is 0 Å². The quantitative estimate of drug-likeness (QED) is 0.781. The molecule has 0 spiro atoms. The van der Waals surface area contributed by atoms with E-state index < -0.39 is 5.92 Å². The minimum atomic E-state index is -0.588. The van der Waals surface area contributed by atoms with E-state index in [-0.39, 0.29) is 17.4 Å². The number of benzene rings is 2. The lowest BCUT2D eigenvalue weighted by atomic mass is 9.93. The van der Waals surface area contributed by atoms with Crippen LogP contribution in [0.25, 0.3) is 11.3 Å². The van der Waals surface area contributed by atoms with Crippen molar-refractivity contribution in [3.05, 3.63) is 76.1 Å². The second kappa shape index (κ2) is 5.44. The van der Waals surface area contributed by atoms with Gasteiger partial charge in [0.15, 0.2) is 0 Å². The summed E-state index contributed by atoms with van der Waals surface area (Å²) in [5, 5.41) is 2.87. The summed E-state index contributed by atoms with van der Waals surface area (Å²) in [4.78, 5) is 25.2. The molecule has 1 N–H and O–H groups in total. The molecule has 0 saturated heterocycles. The Bertz CT molecular complexity index is 1050. The normalized spacial score (nSPS) is 16.0. The van der Waals surface area contributed by atoms with Crippen LogP contribution in [0, 0.1) is 5.82 Å². The van der Waals surface area contributed by atoms with Gasteiger partial charge in [0.25, 0.3) is 0 Å². The average Bonchev–Trinajstić information content (AvgIpc) is 3.04. The van der Waals surface area contributed by atoms with Crippen molar-refractivity contribution in [2.24, 2.45) is 14.1 Å². The van der Waals surface area contributed by atoms with Gasteiger partial charge in [0.2, 0.25) is 5.91 Å². The Labute approximate surface area is 143 Å². The van der Waals surface area contributed by atoms with Gasteiger partial charge in [-0.25, -0.2) is 9.18 Å². The summed E-state index contributed by atoms with van der Waals surface area (Å²) in [6.45, 7) is 0. The van der Waals surface area contributed by atoms with Crippen LogP contribution in [0.3, 0.4) is 0 Å². The van der Waals surface area contributed by atoms with Gasteiger partial charge in [-0.15, -0.1) is 0 Å². The third kappa shape index (κ3) is 2.21. The highest BCUT2D eigenvalue weighted by atomic mass is 19.1. The maximum absolute atomic E-state index is 13.3. The van der Waals surface area contributed by atoms with Crippen molar-refractivity contribution < 1.29 is 9.18 Å². The van der Waals surface area contributed by atoms with Gasteiger partial charge < -0.3 is 5.32 Å². The molecule has 5 nitrogen and oxygen atoms in total. The highest BCUT2D eigenvalue weighted by Crippen LogP contribution is 2.40. The first-order chi connectivity index (χ1) is 12.0. The molecule has 0 fully saturated rings. The summed E-state index contributed by atoms with van der Waals surface area (Å²) in [7, 11) is 3.31. The number of carbonyl (C=O) groups excluding carboxylic acids is 1. The van der Waals surface area contributed by atoms with E-state index in [0.29, 0.717) is 17.0 Å². The van der Waals surface area contributed by atoms with Crippen LogP contribution < -0.4 is 11.0 Å². The molecule has 2 heterocycles. The van der Waals surface area contributed by atoms with Gasteiger partial charge in [0.1, 0.15) is 11.7 Å². The lowest BCUT2D eigenvalue weighted by Crippen LogP contribution is -2.22. The Morgan fingerprint density at radius 3 is 2.36 bits per heavy atom. The molecule has 126 valence electrons. The molecule has 0 aliphatic carbocycles. The highest BCUT2D eigenvalue weighted by Gasteiger charge is 2.37. The molecular weight excluding hydrogens is 321 g/mol. The summed E-state index contributed by atoms with van der Waals surface area (Å²) in [5.74, 6) is -1.11. The number of imidazole rings is 1. The molecular formula is C19H16FN3O2. The van der Waals surface area contributed by atoms with E-state index in [9.17, 15) is 14.0 Å². The first kappa shape index (κ1) is 15.4. The third-order valence-corrected chi connectivity index (χ3v) is 4.70. The third-order valence-electron chi connectivity index (χ3n) is 4.70. The van der Waals surface area contributed by atoms with Crippen molar-refractivity contribution in [3.8, 4) is 11.3 Å². The molecule has 1 aliphatic rings. The molecule has 1 unspecified atom stereocenters. The molecule has 6 heteroatoms. The standard InChI is InChI=1S/C19H16FN3O2/c1-22-16(11-7-9-12(20)10-8-11)17(23(2)19(22)25)15-13-5-3-4-6-14(13)21-18(15)24/h3-10,15H,1-2H3,(H,21,24). The van der Waals surface area contributed by atoms with E-state index in [1.165, 1.54) is 21.3 Å². The maximum atomic E-state index is 13.3. The van der Waals surface area contributed by atoms with Gasteiger partial charge in [-0.1, -0.05) is 18.2 Å². The van der Waals surface area contributed by atoms with Crippen LogP contribution in [0.1, 0.15) is 17.2 Å². The Balaban J connectivity index is 2.00. The summed E-state index contributed by atoms with van der Waals surface area (Å²) >= 11 is 0. The second-order valence-corrected chi connectivity index (χ2v) is 6.15. The van der Waals surface area contributed by atoms with Gasteiger partial charge >= 0.3 is 5.69 Å².